The van der Waals surface area contributed by atoms with E-state index in [4.69, 9.17) is 26.8 Å². The Morgan fingerprint density at radius 3 is 2.74 bits per heavy atom. The highest BCUT2D eigenvalue weighted by molar-refractivity contribution is 7.18. The lowest BCUT2D eigenvalue weighted by molar-refractivity contribution is -0.119. The predicted molar refractivity (Wildman–Crippen MR) is 131 cm³/mol. The molecule has 1 aromatic carbocycles. The summed E-state index contributed by atoms with van der Waals surface area (Å²) in [5, 5.41) is 2.75. The van der Waals surface area contributed by atoms with Gasteiger partial charge in [-0.3, -0.25) is 23.9 Å². The summed E-state index contributed by atoms with van der Waals surface area (Å²) in [6, 6.07) is 11.5. The summed E-state index contributed by atoms with van der Waals surface area (Å²) in [7, 11) is 0. The van der Waals surface area contributed by atoms with Crippen LogP contribution in [0.25, 0.3) is 5.69 Å². The molecule has 35 heavy (non-hydrogen) atoms. The third-order valence-electron chi connectivity index (χ3n) is 5.20. The zero-order valence-electron chi connectivity index (χ0n) is 18.5. The Morgan fingerprint density at radius 2 is 2.06 bits per heavy atom. The number of carbonyl (C=O) groups excluding carboxylic acids is 3. The Morgan fingerprint density at radius 1 is 1.26 bits per heavy atom. The van der Waals surface area contributed by atoms with Crippen LogP contribution < -0.4 is 26.2 Å². The maximum absolute atomic E-state index is 12.8. The molecule has 1 aliphatic heterocycles. The van der Waals surface area contributed by atoms with Crippen LogP contribution in [-0.2, 0) is 9.53 Å². The number of cyclic esters (lactones) is 1. The number of benzene rings is 1. The van der Waals surface area contributed by atoms with Crippen molar-refractivity contribution in [2.75, 3.05) is 24.6 Å². The highest BCUT2D eigenvalue weighted by Gasteiger charge is 2.33. The fourth-order valence-electron chi connectivity index (χ4n) is 3.57. The van der Waals surface area contributed by atoms with Gasteiger partial charge in [0.05, 0.1) is 28.0 Å². The van der Waals surface area contributed by atoms with E-state index in [0.29, 0.717) is 20.6 Å². The van der Waals surface area contributed by atoms with Crippen LogP contribution in [0.15, 0.2) is 53.5 Å². The molecule has 0 radical (unpaired) electrons. The van der Waals surface area contributed by atoms with Crippen molar-refractivity contribution >= 4 is 46.5 Å². The molecule has 1 atom stereocenters. The van der Waals surface area contributed by atoms with Crippen molar-refractivity contribution in [3.05, 3.63) is 73.8 Å². The number of primary amides is 1. The fourth-order valence-corrected chi connectivity index (χ4v) is 4.53. The van der Waals surface area contributed by atoms with Gasteiger partial charge in [-0.1, -0.05) is 11.6 Å². The Hall–Kier alpha value is -3.83. The van der Waals surface area contributed by atoms with Crippen molar-refractivity contribution in [2.45, 2.75) is 13.0 Å². The molecule has 0 aliphatic carbocycles. The van der Waals surface area contributed by atoms with Gasteiger partial charge in [0.2, 0.25) is 0 Å². The number of nitrogens with two attached hydrogens (primary N) is 1. The third kappa shape index (κ3) is 5.47. The van der Waals surface area contributed by atoms with E-state index in [2.05, 4.69) is 5.32 Å². The molecule has 3 amide bonds. The van der Waals surface area contributed by atoms with E-state index < -0.39 is 30.3 Å². The van der Waals surface area contributed by atoms with Gasteiger partial charge in [0.1, 0.15) is 6.10 Å². The molecule has 0 bridgehead atoms. The number of nitrogens with zero attached hydrogens (tertiary/aromatic N) is 2. The van der Waals surface area contributed by atoms with Crippen molar-refractivity contribution in [2.24, 2.45) is 5.73 Å². The molecule has 4 rings (SSSR count). The highest BCUT2D eigenvalue weighted by atomic mass is 35.5. The summed E-state index contributed by atoms with van der Waals surface area (Å²) in [6.45, 7) is 1.80. The molecule has 0 spiro atoms. The normalized spacial score (nSPS) is 15.1. The second-order valence-corrected chi connectivity index (χ2v) is 9.42. The van der Waals surface area contributed by atoms with Crippen molar-refractivity contribution in [3.63, 3.8) is 0 Å². The molecule has 3 aromatic rings. The van der Waals surface area contributed by atoms with Crippen LogP contribution in [0.4, 0.5) is 10.5 Å². The van der Waals surface area contributed by atoms with Crippen LogP contribution in [0, 0.1) is 6.92 Å². The maximum atomic E-state index is 12.8. The first-order chi connectivity index (χ1) is 16.7. The summed E-state index contributed by atoms with van der Waals surface area (Å²) in [6.07, 6.45) is 0.517. The van der Waals surface area contributed by atoms with Gasteiger partial charge >= 0.3 is 6.09 Å². The Bertz CT molecular complexity index is 1350. The van der Waals surface area contributed by atoms with Crippen LogP contribution >= 0.6 is 22.9 Å². The minimum atomic E-state index is -0.688. The number of aromatic nitrogens is 1. The second kappa shape index (κ2) is 10.2. The number of hydrogen-bond acceptors (Lipinski definition) is 7. The molecule has 10 nitrogen and oxygen atoms in total. The third-order valence-corrected chi connectivity index (χ3v) is 6.43. The molecular formula is C23H21ClN4O6S. The molecule has 3 heterocycles. The molecule has 182 valence electrons. The van der Waals surface area contributed by atoms with E-state index in [1.165, 1.54) is 26.9 Å². The lowest BCUT2D eigenvalue weighted by atomic mass is 10.1. The topological polar surface area (TPSA) is 133 Å². The summed E-state index contributed by atoms with van der Waals surface area (Å²) in [5.41, 5.74) is 6.51. The van der Waals surface area contributed by atoms with Crippen LogP contribution in [0.3, 0.4) is 0 Å². The van der Waals surface area contributed by atoms with Gasteiger partial charge in [-0.05, 0) is 55.0 Å². The second-order valence-electron chi connectivity index (χ2n) is 7.70. The number of carbonyl (C=O) groups is 3. The van der Waals surface area contributed by atoms with Crippen molar-refractivity contribution in [3.8, 4) is 11.4 Å². The Balaban J connectivity index is 1.45. The predicted octanol–water partition coefficient (Wildman–Crippen LogP) is 2.48. The van der Waals surface area contributed by atoms with Crippen LogP contribution in [0.5, 0.6) is 5.75 Å². The summed E-state index contributed by atoms with van der Waals surface area (Å²) in [5.74, 6) is -0.983. The number of hydrogen-bond donors (Lipinski definition) is 2. The standard InChI is InChI=1S/C23H21ClN4O6S/c1-13-9-14(4-5-16(13)27-8-2-3-17(22(27)31)33-12-20(25)29)28-11-15(34-23(28)32)10-26-21(30)18-6-7-19(24)35-18/h2-9,15H,10-12H2,1H3,(H2,25,29)(H,26,30)/t15-/m0/s1. The van der Waals surface area contributed by atoms with E-state index in [1.807, 2.05) is 0 Å². The average molecular weight is 517 g/mol. The van der Waals surface area contributed by atoms with Gasteiger partial charge in [-0.15, -0.1) is 11.3 Å². The molecule has 2 aromatic heterocycles. The average Bonchev–Trinajstić information content (AvgIpc) is 3.42. The lowest BCUT2D eigenvalue weighted by Gasteiger charge is -2.17. The van der Waals surface area contributed by atoms with Crippen molar-refractivity contribution in [1.82, 2.24) is 9.88 Å². The first-order valence-electron chi connectivity index (χ1n) is 10.5. The highest BCUT2D eigenvalue weighted by Crippen LogP contribution is 2.26. The first-order valence-corrected chi connectivity index (χ1v) is 11.7. The van der Waals surface area contributed by atoms with Crippen LogP contribution in [-0.4, -0.2) is 48.3 Å². The van der Waals surface area contributed by atoms with Crippen LogP contribution in [0.2, 0.25) is 4.34 Å². The van der Waals surface area contributed by atoms with E-state index in [-0.39, 0.29) is 24.7 Å². The van der Waals surface area contributed by atoms with Gasteiger partial charge in [0.15, 0.2) is 12.4 Å². The number of halogens is 1. The molecule has 12 heteroatoms. The molecule has 1 aliphatic rings. The molecule has 0 saturated carbocycles. The number of aryl methyl sites for hydroxylation is 1. The van der Waals surface area contributed by atoms with Gasteiger partial charge in [-0.25, -0.2) is 4.79 Å². The number of thiophene rings is 1. The Labute approximate surface area is 208 Å². The maximum Gasteiger partial charge on any atom is 0.414 e. The molecule has 3 N–H and O–H groups in total. The van der Waals surface area contributed by atoms with Crippen molar-refractivity contribution < 1.29 is 23.9 Å². The van der Waals surface area contributed by atoms with E-state index >= 15 is 0 Å². The van der Waals surface area contributed by atoms with Gasteiger partial charge in [-0.2, -0.15) is 0 Å². The summed E-state index contributed by atoms with van der Waals surface area (Å²) < 4.78 is 12.5. The molecule has 1 saturated heterocycles. The number of pyridine rings is 1. The fraction of sp³-hybridized carbons (Fsp3) is 0.217. The van der Waals surface area contributed by atoms with E-state index in [0.717, 1.165) is 5.56 Å². The molecule has 1 fully saturated rings. The largest absolute Gasteiger partial charge is 0.478 e. The minimum Gasteiger partial charge on any atom is -0.478 e. The monoisotopic (exact) mass is 516 g/mol. The summed E-state index contributed by atoms with van der Waals surface area (Å²) in [4.78, 5) is 50.3. The number of anilines is 1. The number of rotatable bonds is 8. The Kier molecular flexibility index (Phi) is 7.08. The zero-order chi connectivity index (χ0) is 25.1. The van der Waals surface area contributed by atoms with Gasteiger partial charge < -0.3 is 20.5 Å². The lowest BCUT2D eigenvalue weighted by Crippen LogP contribution is -2.34. The van der Waals surface area contributed by atoms with E-state index in [9.17, 15) is 19.2 Å². The minimum absolute atomic E-state index is 0.00685. The number of nitrogens with one attached hydrogen (secondary N) is 1. The number of ether oxygens (including phenoxy) is 2. The van der Waals surface area contributed by atoms with E-state index in [1.54, 1.807) is 49.5 Å². The van der Waals surface area contributed by atoms with Gasteiger partial charge in [0.25, 0.3) is 17.4 Å². The molecular weight excluding hydrogens is 496 g/mol. The smallest absolute Gasteiger partial charge is 0.414 e. The quantitative estimate of drug-likeness (QED) is 0.472. The number of amides is 3. The molecule has 0 unspecified atom stereocenters. The van der Waals surface area contributed by atoms with Crippen LogP contribution in [0.1, 0.15) is 15.2 Å². The van der Waals surface area contributed by atoms with Crippen molar-refractivity contribution in [1.29, 1.82) is 0 Å². The SMILES string of the molecule is Cc1cc(N2C[C@H](CNC(=O)c3ccc(Cl)s3)OC2=O)ccc1-n1cccc(OCC(N)=O)c1=O. The zero-order valence-corrected chi connectivity index (χ0v) is 20.1. The first kappa shape index (κ1) is 24.3. The summed E-state index contributed by atoms with van der Waals surface area (Å²) >= 11 is 7.03. The van der Waals surface area contributed by atoms with Gasteiger partial charge in [0, 0.05) is 11.9 Å².